The van der Waals surface area contributed by atoms with Crippen molar-refractivity contribution in [3.05, 3.63) is 12.2 Å². The molecule has 0 aliphatic heterocycles. The molecule has 0 aromatic heterocycles. The van der Waals surface area contributed by atoms with Gasteiger partial charge in [-0.15, -0.1) is 0 Å². The van der Waals surface area contributed by atoms with E-state index in [1.54, 1.807) is 0 Å². The number of hydrogen-bond donors (Lipinski definition) is 0. The highest BCUT2D eigenvalue weighted by Gasteiger charge is 2.74. The summed E-state index contributed by atoms with van der Waals surface area (Å²) in [6.45, 7) is 0. The van der Waals surface area contributed by atoms with Crippen molar-refractivity contribution in [1.29, 1.82) is 0 Å². The first kappa shape index (κ1) is 9.07. The molecular weight excluding hydrogens is 212 g/mol. The maximum Gasteiger partial charge on any atom is 0.140 e. The molecule has 5 aliphatic rings. The molecule has 5 aliphatic carbocycles. The molecule has 6 unspecified atom stereocenters. The predicted octanol–water partition coefficient (Wildman–Crippen LogP) is 1.85. The first-order valence-electron chi connectivity index (χ1n) is 7.01. The fraction of sp³-hybridized carbons (Fsp3) is 0.733. The lowest BCUT2D eigenvalue weighted by molar-refractivity contribution is -0.133. The molecule has 2 bridgehead atoms. The van der Waals surface area contributed by atoms with Crippen LogP contribution in [0.2, 0.25) is 0 Å². The molecule has 0 saturated heterocycles. The minimum atomic E-state index is 0.148. The minimum absolute atomic E-state index is 0.148. The summed E-state index contributed by atoms with van der Waals surface area (Å²) in [6.07, 6.45) is 7.42. The van der Waals surface area contributed by atoms with Crippen molar-refractivity contribution >= 4 is 11.6 Å². The molecule has 0 aromatic rings. The molecule has 4 fully saturated rings. The van der Waals surface area contributed by atoms with E-state index in [1.807, 2.05) is 0 Å². The van der Waals surface area contributed by atoms with Gasteiger partial charge in [0.2, 0.25) is 0 Å². The zero-order valence-corrected chi connectivity index (χ0v) is 9.71. The molecule has 0 amide bonds. The minimum Gasteiger partial charge on any atom is -0.299 e. The molecule has 0 N–H and O–H groups in total. The molecule has 0 aromatic carbocycles. The van der Waals surface area contributed by atoms with E-state index in [4.69, 9.17) is 0 Å². The Morgan fingerprint density at radius 2 is 1.29 bits per heavy atom. The normalized spacial score (nSPS) is 63.3. The van der Waals surface area contributed by atoms with Crippen molar-refractivity contribution in [1.82, 2.24) is 0 Å². The molecular formula is C15H16O2. The summed E-state index contributed by atoms with van der Waals surface area (Å²) in [5, 5.41) is 0. The van der Waals surface area contributed by atoms with Crippen LogP contribution >= 0.6 is 0 Å². The van der Waals surface area contributed by atoms with Crippen molar-refractivity contribution in [3.8, 4) is 0 Å². The van der Waals surface area contributed by atoms with E-state index in [9.17, 15) is 9.59 Å². The lowest BCUT2D eigenvalue weighted by Crippen LogP contribution is -2.29. The van der Waals surface area contributed by atoms with Crippen LogP contribution in [0.4, 0.5) is 0 Å². The number of carbonyl (C=O) groups excluding carboxylic acids is 2. The third-order valence-electron chi connectivity index (χ3n) is 6.55. The van der Waals surface area contributed by atoms with E-state index >= 15 is 0 Å². The van der Waals surface area contributed by atoms with Gasteiger partial charge in [-0.2, -0.15) is 0 Å². The van der Waals surface area contributed by atoms with Crippen LogP contribution in [0.25, 0.3) is 0 Å². The summed E-state index contributed by atoms with van der Waals surface area (Å²) >= 11 is 0. The largest absolute Gasteiger partial charge is 0.299 e. The van der Waals surface area contributed by atoms with Gasteiger partial charge in [-0.1, -0.05) is 12.2 Å². The van der Waals surface area contributed by atoms with Gasteiger partial charge in [0.15, 0.2) is 0 Å². The molecule has 4 saturated carbocycles. The van der Waals surface area contributed by atoms with Gasteiger partial charge in [-0.05, 0) is 42.9 Å². The summed E-state index contributed by atoms with van der Waals surface area (Å²) in [4.78, 5) is 25.0. The molecule has 17 heavy (non-hydrogen) atoms. The maximum atomic E-state index is 12.5. The van der Waals surface area contributed by atoms with Gasteiger partial charge in [-0.25, -0.2) is 0 Å². The number of carbonyl (C=O) groups is 2. The summed E-state index contributed by atoms with van der Waals surface area (Å²) < 4.78 is 0. The lowest BCUT2D eigenvalue weighted by atomic mass is 9.73. The fourth-order valence-electron chi connectivity index (χ4n) is 6.32. The average Bonchev–Trinajstić information content (AvgIpc) is 2.88. The van der Waals surface area contributed by atoms with Gasteiger partial charge >= 0.3 is 0 Å². The fourth-order valence-corrected chi connectivity index (χ4v) is 6.32. The van der Waals surface area contributed by atoms with E-state index in [1.165, 1.54) is 6.42 Å². The van der Waals surface area contributed by atoms with Crippen LogP contribution in [-0.2, 0) is 9.59 Å². The van der Waals surface area contributed by atoms with E-state index in [2.05, 4.69) is 12.2 Å². The van der Waals surface area contributed by atoms with Gasteiger partial charge in [0.05, 0.1) is 0 Å². The number of ketones is 2. The van der Waals surface area contributed by atoms with Gasteiger partial charge in [0.1, 0.15) is 11.6 Å². The number of Topliss-reactive ketones (excluding diaryl/α,β-unsaturated/α-hetero) is 2. The summed E-state index contributed by atoms with van der Waals surface area (Å²) in [7, 11) is 0. The summed E-state index contributed by atoms with van der Waals surface area (Å²) in [5.74, 6) is 4.09. The summed E-state index contributed by atoms with van der Waals surface area (Å²) in [6, 6.07) is 0. The van der Waals surface area contributed by atoms with Crippen LogP contribution in [0.5, 0.6) is 0 Å². The van der Waals surface area contributed by atoms with Crippen LogP contribution in [-0.4, -0.2) is 11.6 Å². The Hall–Kier alpha value is -0.920. The number of fused-ring (bicyclic) bond motifs is 1. The Morgan fingerprint density at radius 1 is 0.824 bits per heavy atom. The smallest absolute Gasteiger partial charge is 0.140 e. The Morgan fingerprint density at radius 3 is 1.76 bits per heavy atom. The maximum absolute atomic E-state index is 12.5. The van der Waals surface area contributed by atoms with Crippen LogP contribution in [0, 0.1) is 47.3 Å². The Balaban J connectivity index is 1.78. The van der Waals surface area contributed by atoms with Crippen LogP contribution in [0.1, 0.15) is 19.3 Å². The molecule has 88 valence electrons. The van der Waals surface area contributed by atoms with Gasteiger partial charge < -0.3 is 0 Å². The van der Waals surface area contributed by atoms with Crippen LogP contribution < -0.4 is 0 Å². The van der Waals surface area contributed by atoms with E-state index in [0.717, 1.165) is 12.8 Å². The Labute approximate surface area is 100 Å². The first-order chi connectivity index (χ1) is 8.29. The molecule has 0 heterocycles. The van der Waals surface area contributed by atoms with Crippen molar-refractivity contribution in [3.63, 3.8) is 0 Å². The zero-order valence-electron chi connectivity index (χ0n) is 9.71. The van der Waals surface area contributed by atoms with Gasteiger partial charge in [0.25, 0.3) is 0 Å². The van der Waals surface area contributed by atoms with E-state index in [0.29, 0.717) is 35.2 Å². The Kier molecular flexibility index (Phi) is 1.37. The molecule has 8 atom stereocenters. The van der Waals surface area contributed by atoms with E-state index in [-0.39, 0.29) is 23.7 Å². The second kappa shape index (κ2) is 2.57. The predicted molar refractivity (Wildman–Crippen MR) is 60.9 cm³/mol. The number of rotatable bonds is 0. The molecule has 0 spiro atoms. The third kappa shape index (κ3) is 0.765. The lowest BCUT2D eigenvalue weighted by Gasteiger charge is -2.29. The quantitative estimate of drug-likeness (QED) is 0.593. The Bertz CT molecular complexity index is 435. The highest BCUT2D eigenvalue weighted by molar-refractivity contribution is 5.98. The van der Waals surface area contributed by atoms with Crippen LogP contribution in [0.3, 0.4) is 0 Å². The molecule has 0 radical (unpaired) electrons. The second-order valence-corrected chi connectivity index (χ2v) is 6.73. The third-order valence-corrected chi connectivity index (χ3v) is 6.55. The molecule has 2 heteroatoms. The summed E-state index contributed by atoms with van der Waals surface area (Å²) in [5.41, 5.74) is 0. The highest BCUT2D eigenvalue weighted by atomic mass is 16.1. The second-order valence-electron chi connectivity index (χ2n) is 6.73. The standard InChI is InChI=1S/C15H16O2/c16-14-6-3-1-2-4-7-11-9-5-8(10(6)11)12(14)13(9)15(7)17/h1-2,6-13H,3-5H2/b2-1-/t6?,7?,8-,9+,10?,11?,12?,13?. The van der Waals surface area contributed by atoms with Crippen molar-refractivity contribution < 1.29 is 9.59 Å². The van der Waals surface area contributed by atoms with Crippen LogP contribution in [0.15, 0.2) is 12.2 Å². The van der Waals surface area contributed by atoms with Gasteiger partial charge in [0, 0.05) is 23.7 Å². The van der Waals surface area contributed by atoms with Gasteiger partial charge in [-0.3, -0.25) is 9.59 Å². The van der Waals surface area contributed by atoms with Crippen molar-refractivity contribution in [2.75, 3.05) is 0 Å². The average molecular weight is 228 g/mol. The number of hydrogen-bond acceptors (Lipinski definition) is 2. The number of allylic oxidation sites excluding steroid dienone is 2. The monoisotopic (exact) mass is 228 g/mol. The van der Waals surface area contributed by atoms with Crippen molar-refractivity contribution in [2.45, 2.75) is 19.3 Å². The first-order valence-corrected chi connectivity index (χ1v) is 7.01. The SMILES string of the molecule is O=C1C2C/C=C\CC3C(=O)C4C1[C@H]1C[C@@H]4C3C21. The topological polar surface area (TPSA) is 34.1 Å². The molecule has 5 rings (SSSR count). The highest BCUT2D eigenvalue weighted by Crippen LogP contribution is 2.72. The van der Waals surface area contributed by atoms with Crippen molar-refractivity contribution in [2.24, 2.45) is 47.3 Å². The molecule has 2 nitrogen and oxygen atoms in total. The zero-order chi connectivity index (χ0) is 11.3. The van der Waals surface area contributed by atoms with E-state index < -0.39 is 0 Å².